The molecule has 0 aliphatic heterocycles. The smallest absolute Gasteiger partial charge is 0.335 e. The second-order valence-electron chi connectivity index (χ2n) is 4.63. The van der Waals surface area contributed by atoms with Crippen LogP contribution < -0.4 is 0 Å². The molecule has 0 radical (unpaired) electrons. The average Bonchev–Trinajstić information content (AvgIpc) is 2.41. The lowest BCUT2D eigenvalue weighted by Gasteiger charge is -2.08. The Morgan fingerprint density at radius 1 is 1.19 bits per heavy atom. The highest BCUT2D eigenvalue weighted by molar-refractivity contribution is 7.90. The second kappa shape index (κ2) is 5.87. The summed E-state index contributed by atoms with van der Waals surface area (Å²) in [6, 6.07) is 10.7. The molecule has 6 heteroatoms. The van der Waals surface area contributed by atoms with E-state index >= 15 is 0 Å². The lowest BCUT2D eigenvalue weighted by atomic mass is 10.1. The Morgan fingerprint density at radius 3 is 2.48 bits per heavy atom. The van der Waals surface area contributed by atoms with Crippen LogP contribution in [0.25, 0.3) is 0 Å². The SMILES string of the molecule is Cc1ccc(S(=O)(=O)Cc2ccccc2Cl)cc1C(=O)O. The van der Waals surface area contributed by atoms with Gasteiger partial charge in [-0.05, 0) is 36.2 Å². The molecular weight excluding hydrogens is 312 g/mol. The summed E-state index contributed by atoms with van der Waals surface area (Å²) >= 11 is 5.97. The fraction of sp³-hybridized carbons (Fsp3) is 0.133. The fourth-order valence-electron chi connectivity index (χ4n) is 1.93. The van der Waals surface area contributed by atoms with Gasteiger partial charge in [0.15, 0.2) is 9.84 Å². The number of benzene rings is 2. The number of aryl methyl sites for hydroxylation is 1. The van der Waals surface area contributed by atoms with Gasteiger partial charge in [0.05, 0.1) is 16.2 Å². The van der Waals surface area contributed by atoms with Crippen LogP contribution in [0.1, 0.15) is 21.5 Å². The minimum atomic E-state index is -3.66. The molecule has 2 rings (SSSR count). The van der Waals surface area contributed by atoms with Crippen LogP contribution in [-0.2, 0) is 15.6 Å². The number of aromatic carboxylic acids is 1. The molecule has 4 nitrogen and oxygen atoms in total. The molecule has 0 atom stereocenters. The Morgan fingerprint density at radius 2 is 1.86 bits per heavy atom. The number of carboxylic acid groups (broad SMARTS) is 1. The van der Waals surface area contributed by atoms with Gasteiger partial charge < -0.3 is 5.11 Å². The average molecular weight is 325 g/mol. The van der Waals surface area contributed by atoms with Crippen molar-refractivity contribution in [1.82, 2.24) is 0 Å². The molecule has 0 bridgehead atoms. The summed E-state index contributed by atoms with van der Waals surface area (Å²) < 4.78 is 24.8. The highest BCUT2D eigenvalue weighted by atomic mass is 35.5. The van der Waals surface area contributed by atoms with Crippen molar-refractivity contribution in [2.75, 3.05) is 0 Å². The van der Waals surface area contributed by atoms with E-state index in [9.17, 15) is 13.2 Å². The molecule has 1 N–H and O–H groups in total. The van der Waals surface area contributed by atoms with Crippen molar-refractivity contribution in [2.45, 2.75) is 17.6 Å². The van der Waals surface area contributed by atoms with E-state index in [0.717, 1.165) is 0 Å². The summed E-state index contributed by atoms with van der Waals surface area (Å²) in [5.41, 5.74) is 0.978. The van der Waals surface area contributed by atoms with Crippen LogP contribution in [0, 0.1) is 6.92 Å². The molecule has 0 unspecified atom stereocenters. The Bertz CT molecular complexity index is 797. The van der Waals surface area contributed by atoms with Crippen molar-refractivity contribution in [3.63, 3.8) is 0 Å². The standard InChI is InChI=1S/C15H13ClO4S/c1-10-6-7-12(8-13(10)15(17)18)21(19,20)9-11-4-2-3-5-14(11)16/h2-8H,9H2,1H3,(H,17,18). The van der Waals surface area contributed by atoms with Gasteiger partial charge in [0.2, 0.25) is 0 Å². The van der Waals surface area contributed by atoms with Crippen molar-refractivity contribution in [2.24, 2.45) is 0 Å². The summed E-state index contributed by atoms with van der Waals surface area (Å²) in [6.07, 6.45) is 0. The minimum Gasteiger partial charge on any atom is -0.478 e. The van der Waals surface area contributed by atoms with E-state index in [1.807, 2.05) is 0 Å². The van der Waals surface area contributed by atoms with Crippen LogP contribution in [0.4, 0.5) is 0 Å². The number of rotatable bonds is 4. The van der Waals surface area contributed by atoms with Crippen molar-refractivity contribution in [1.29, 1.82) is 0 Å². The van der Waals surface area contributed by atoms with Gasteiger partial charge in [-0.15, -0.1) is 0 Å². The van der Waals surface area contributed by atoms with Crippen LogP contribution in [0.2, 0.25) is 5.02 Å². The molecule has 0 saturated carbocycles. The summed E-state index contributed by atoms with van der Waals surface area (Å²) in [7, 11) is -3.66. The second-order valence-corrected chi connectivity index (χ2v) is 7.03. The van der Waals surface area contributed by atoms with E-state index in [2.05, 4.69) is 0 Å². The maximum Gasteiger partial charge on any atom is 0.335 e. The lowest BCUT2D eigenvalue weighted by molar-refractivity contribution is 0.0696. The van der Waals surface area contributed by atoms with Crippen molar-refractivity contribution >= 4 is 27.4 Å². The predicted molar refractivity (Wildman–Crippen MR) is 80.5 cm³/mol. The van der Waals surface area contributed by atoms with E-state index in [1.165, 1.54) is 18.2 Å². The molecule has 2 aromatic rings. The van der Waals surface area contributed by atoms with Gasteiger partial charge in [-0.1, -0.05) is 35.9 Å². The van der Waals surface area contributed by atoms with Crippen LogP contribution in [0.5, 0.6) is 0 Å². The van der Waals surface area contributed by atoms with E-state index in [1.54, 1.807) is 31.2 Å². The molecule has 0 aliphatic carbocycles. The third kappa shape index (κ3) is 3.43. The fourth-order valence-corrected chi connectivity index (χ4v) is 3.61. The number of hydrogen-bond donors (Lipinski definition) is 1. The van der Waals surface area contributed by atoms with Crippen LogP contribution in [0.3, 0.4) is 0 Å². The van der Waals surface area contributed by atoms with Gasteiger partial charge in [-0.3, -0.25) is 0 Å². The Kier molecular flexibility index (Phi) is 4.34. The Balaban J connectivity index is 2.43. The van der Waals surface area contributed by atoms with Crippen molar-refractivity contribution < 1.29 is 18.3 Å². The molecule has 21 heavy (non-hydrogen) atoms. The molecule has 0 fully saturated rings. The van der Waals surface area contributed by atoms with Crippen molar-refractivity contribution in [3.05, 3.63) is 64.2 Å². The number of sulfone groups is 1. The molecule has 0 heterocycles. The quantitative estimate of drug-likeness (QED) is 0.936. The molecule has 0 aromatic heterocycles. The van der Waals surface area contributed by atoms with Gasteiger partial charge >= 0.3 is 5.97 Å². The molecule has 0 amide bonds. The first-order valence-electron chi connectivity index (χ1n) is 6.11. The first-order chi connectivity index (χ1) is 9.81. The monoisotopic (exact) mass is 324 g/mol. The summed E-state index contributed by atoms with van der Waals surface area (Å²) in [6.45, 7) is 1.62. The molecule has 0 saturated heterocycles. The zero-order valence-electron chi connectivity index (χ0n) is 11.2. The molecular formula is C15H13ClO4S. The van der Waals surface area contributed by atoms with Crippen molar-refractivity contribution in [3.8, 4) is 0 Å². The Labute approximate surface area is 127 Å². The maximum atomic E-state index is 12.4. The van der Waals surface area contributed by atoms with Gasteiger partial charge in [0, 0.05) is 5.02 Å². The zero-order valence-corrected chi connectivity index (χ0v) is 12.8. The normalized spacial score (nSPS) is 11.3. The molecule has 0 spiro atoms. The van der Waals surface area contributed by atoms with E-state index in [0.29, 0.717) is 16.1 Å². The van der Waals surface area contributed by atoms with Crippen LogP contribution in [-0.4, -0.2) is 19.5 Å². The number of carboxylic acids is 1. The number of carbonyl (C=O) groups is 1. The van der Waals surface area contributed by atoms with Crippen LogP contribution in [0.15, 0.2) is 47.4 Å². The Hall–Kier alpha value is -1.85. The number of hydrogen-bond acceptors (Lipinski definition) is 3. The molecule has 2 aromatic carbocycles. The largest absolute Gasteiger partial charge is 0.478 e. The summed E-state index contributed by atoms with van der Waals surface area (Å²) in [5.74, 6) is -1.42. The predicted octanol–water partition coefficient (Wildman–Crippen LogP) is 3.32. The third-order valence-electron chi connectivity index (χ3n) is 3.10. The molecule has 0 aliphatic rings. The van der Waals surface area contributed by atoms with Gasteiger partial charge in [0.25, 0.3) is 0 Å². The molecule has 110 valence electrons. The highest BCUT2D eigenvalue weighted by Gasteiger charge is 2.19. The third-order valence-corrected chi connectivity index (χ3v) is 5.13. The number of halogens is 1. The first-order valence-corrected chi connectivity index (χ1v) is 8.14. The summed E-state index contributed by atoms with van der Waals surface area (Å²) in [5, 5.41) is 9.44. The zero-order chi connectivity index (χ0) is 15.6. The topological polar surface area (TPSA) is 71.4 Å². The minimum absolute atomic E-state index is 0.0183. The van der Waals surface area contributed by atoms with Gasteiger partial charge in [-0.2, -0.15) is 0 Å². The van der Waals surface area contributed by atoms with Gasteiger partial charge in [-0.25, -0.2) is 13.2 Å². The van der Waals surface area contributed by atoms with E-state index in [-0.39, 0.29) is 16.2 Å². The first kappa shape index (κ1) is 15.5. The van der Waals surface area contributed by atoms with E-state index in [4.69, 9.17) is 16.7 Å². The van der Waals surface area contributed by atoms with E-state index < -0.39 is 15.8 Å². The maximum absolute atomic E-state index is 12.4. The summed E-state index contributed by atoms with van der Waals surface area (Å²) in [4.78, 5) is 11.1. The highest BCUT2D eigenvalue weighted by Crippen LogP contribution is 2.23. The lowest BCUT2D eigenvalue weighted by Crippen LogP contribution is -2.08. The van der Waals surface area contributed by atoms with Crippen LogP contribution >= 0.6 is 11.6 Å². The van der Waals surface area contributed by atoms with Gasteiger partial charge in [0.1, 0.15) is 0 Å².